The molecule has 1 saturated heterocycles. The lowest BCUT2D eigenvalue weighted by Gasteiger charge is -2.14. The van der Waals surface area contributed by atoms with E-state index in [1.807, 2.05) is 17.2 Å². The highest BCUT2D eigenvalue weighted by Gasteiger charge is 2.32. The van der Waals surface area contributed by atoms with Gasteiger partial charge < -0.3 is 10.2 Å². The largest absolute Gasteiger partial charge is 0.395 e. The molecule has 5 nitrogen and oxygen atoms in total. The molecule has 0 unspecified atom stereocenters. The van der Waals surface area contributed by atoms with Crippen molar-refractivity contribution < 1.29 is 10.2 Å². The van der Waals surface area contributed by atoms with Gasteiger partial charge >= 0.3 is 0 Å². The fourth-order valence-corrected chi connectivity index (χ4v) is 1.91. The van der Waals surface area contributed by atoms with Crippen LogP contribution in [0.4, 0.5) is 0 Å². The Morgan fingerprint density at radius 3 is 2.93 bits per heavy atom. The van der Waals surface area contributed by atoms with E-state index in [1.165, 1.54) is 0 Å². The summed E-state index contributed by atoms with van der Waals surface area (Å²) in [5, 5.41) is 22.7. The topological polar surface area (TPSA) is 61.5 Å². The van der Waals surface area contributed by atoms with E-state index in [9.17, 15) is 5.11 Å². The van der Waals surface area contributed by atoms with Gasteiger partial charge in [0.1, 0.15) is 0 Å². The summed E-state index contributed by atoms with van der Waals surface area (Å²) in [6.45, 7) is 2.13. The normalized spacial score (nSPS) is 28.4. The van der Waals surface area contributed by atoms with Gasteiger partial charge in [0, 0.05) is 32.0 Å². The second-order valence-electron chi connectivity index (χ2n) is 3.60. The summed E-state index contributed by atoms with van der Waals surface area (Å²) in [5.74, 6) is 0. The summed E-state index contributed by atoms with van der Waals surface area (Å²) >= 11 is 0. The fraction of sp³-hybridized carbons (Fsp3) is 0.667. The molecule has 1 aliphatic heterocycles. The fourth-order valence-electron chi connectivity index (χ4n) is 1.91. The van der Waals surface area contributed by atoms with Crippen LogP contribution in [0.2, 0.25) is 0 Å². The van der Waals surface area contributed by atoms with Gasteiger partial charge in [-0.1, -0.05) is 0 Å². The van der Waals surface area contributed by atoms with Crippen LogP contribution in [0, 0.1) is 0 Å². The molecule has 0 radical (unpaired) electrons. The molecular weight excluding hydrogens is 182 g/mol. The number of likely N-dealkylation sites (tertiary alicyclic amines) is 1. The number of hydrogen-bond acceptors (Lipinski definition) is 4. The molecule has 2 N–H and O–H groups in total. The number of hydrogen-bond donors (Lipinski definition) is 2. The summed E-state index contributed by atoms with van der Waals surface area (Å²) in [6, 6.07) is 1.87. The van der Waals surface area contributed by atoms with Crippen LogP contribution in [0.25, 0.3) is 0 Å². The van der Waals surface area contributed by atoms with Crippen LogP contribution < -0.4 is 0 Å². The first-order valence-corrected chi connectivity index (χ1v) is 4.81. The van der Waals surface area contributed by atoms with Crippen molar-refractivity contribution in [2.24, 2.45) is 0 Å². The zero-order valence-electron chi connectivity index (χ0n) is 7.95. The maximum absolute atomic E-state index is 9.77. The predicted octanol–water partition coefficient (Wildman–Crippen LogP) is -0.907. The Kier molecular flexibility index (Phi) is 2.81. The number of aromatic nitrogens is 2. The minimum absolute atomic E-state index is 0.0246. The number of aliphatic hydroxyl groups is 2. The van der Waals surface area contributed by atoms with Crippen LogP contribution in [0.3, 0.4) is 0 Å². The highest BCUT2D eigenvalue weighted by atomic mass is 16.3. The van der Waals surface area contributed by atoms with Gasteiger partial charge in [-0.3, -0.25) is 9.58 Å². The lowest BCUT2D eigenvalue weighted by Crippen LogP contribution is -2.25. The van der Waals surface area contributed by atoms with Gasteiger partial charge in [0.05, 0.1) is 18.8 Å². The SMILES string of the molecule is OCCN1C[C@@H](O)[C@H](n2cccn2)C1. The Labute approximate surface area is 82.6 Å². The minimum atomic E-state index is -0.388. The highest BCUT2D eigenvalue weighted by Crippen LogP contribution is 2.20. The summed E-state index contributed by atoms with van der Waals surface area (Å²) < 4.78 is 1.78. The Balaban J connectivity index is 2.01. The molecular formula is C9H15N3O2. The van der Waals surface area contributed by atoms with Crippen LogP contribution >= 0.6 is 0 Å². The second kappa shape index (κ2) is 4.08. The van der Waals surface area contributed by atoms with E-state index < -0.39 is 0 Å². The van der Waals surface area contributed by atoms with Gasteiger partial charge in [-0.15, -0.1) is 0 Å². The number of rotatable bonds is 3. The van der Waals surface area contributed by atoms with E-state index in [-0.39, 0.29) is 18.8 Å². The van der Waals surface area contributed by atoms with E-state index >= 15 is 0 Å². The average molecular weight is 197 g/mol. The lowest BCUT2D eigenvalue weighted by molar-refractivity contribution is 0.136. The summed E-state index contributed by atoms with van der Waals surface area (Å²) in [7, 11) is 0. The zero-order chi connectivity index (χ0) is 9.97. The minimum Gasteiger partial charge on any atom is -0.395 e. The van der Waals surface area contributed by atoms with Crippen molar-refractivity contribution in [2.75, 3.05) is 26.2 Å². The molecule has 1 aromatic heterocycles. The summed E-state index contributed by atoms with van der Waals surface area (Å²) in [4.78, 5) is 2.04. The van der Waals surface area contributed by atoms with Gasteiger partial charge in [0.15, 0.2) is 0 Å². The predicted molar refractivity (Wildman–Crippen MR) is 50.8 cm³/mol. The summed E-state index contributed by atoms with van der Waals surface area (Å²) in [5.41, 5.74) is 0. The monoisotopic (exact) mass is 197 g/mol. The van der Waals surface area contributed by atoms with Gasteiger partial charge in [-0.25, -0.2) is 0 Å². The van der Waals surface area contributed by atoms with Crippen molar-refractivity contribution >= 4 is 0 Å². The van der Waals surface area contributed by atoms with Gasteiger partial charge in [-0.2, -0.15) is 5.10 Å². The first-order chi connectivity index (χ1) is 6.81. The van der Waals surface area contributed by atoms with E-state index in [4.69, 9.17) is 5.11 Å². The van der Waals surface area contributed by atoms with Crippen molar-refractivity contribution in [2.45, 2.75) is 12.1 Å². The molecule has 1 fully saturated rings. The molecule has 1 aromatic rings. The van der Waals surface area contributed by atoms with Crippen molar-refractivity contribution in [1.29, 1.82) is 0 Å². The molecule has 5 heteroatoms. The molecule has 2 heterocycles. The smallest absolute Gasteiger partial charge is 0.0917 e. The Bertz CT molecular complexity index is 276. The van der Waals surface area contributed by atoms with Crippen molar-refractivity contribution in [3.05, 3.63) is 18.5 Å². The third kappa shape index (κ3) is 1.79. The number of nitrogens with zero attached hydrogens (tertiary/aromatic N) is 3. The molecule has 0 spiro atoms. The molecule has 0 aromatic carbocycles. The quantitative estimate of drug-likeness (QED) is 0.659. The summed E-state index contributed by atoms with van der Waals surface area (Å²) in [6.07, 6.45) is 3.18. The molecule has 0 aliphatic carbocycles. The Hall–Kier alpha value is -0.910. The Morgan fingerprint density at radius 2 is 2.29 bits per heavy atom. The van der Waals surface area contributed by atoms with E-state index in [0.29, 0.717) is 13.1 Å². The standard InChI is InChI=1S/C9H15N3O2/c13-5-4-11-6-8(9(14)7-11)12-3-1-2-10-12/h1-3,8-9,13-14H,4-7H2/t8-,9-/m1/s1. The number of β-amino-alcohol motifs (C(OH)–C–C–N with tert-alkyl or cyclic N) is 2. The molecule has 1 aliphatic rings. The van der Waals surface area contributed by atoms with Crippen molar-refractivity contribution in [1.82, 2.24) is 14.7 Å². The van der Waals surface area contributed by atoms with Crippen molar-refractivity contribution in [3.8, 4) is 0 Å². The zero-order valence-corrected chi connectivity index (χ0v) is 7.95. The van der Waals surface area contributed by atoms with E-state index in [1.54, 1.807) is 10.9 Å². The van der Waals surface area contributed by atoms with Crippen LogP contribution in [0.15, 0.2) is 18.5 Å². The van der Waals surface area contributed by atoms with Crippen molar-refractivity contribution in [3.63, 3.8) is 0 Å². The maximum atomic E-state index is 9.77. The van der Waals surface area contributed by atoms with E-state index in [2.05, 4.69) is 5.10 Å². The highest BCUT2D eigenvalue weighted by molar-refractivity contribution is 4.91. The van der Waals surface area contributed by atoms with Gasteiger partial charge in [0.25, 0.3) is 0 Å². The Morgan fingerprint density at radius 1 is 1.43 bits per heavy atom. The first kappa shape index (κ1) is 9.64. The van der Waals surface area contributed by atoms with Gasteiger partial charge in [-0.05, 0) is 6.07 Å². The van der Waals surface area contributed by atoms with Gasteiger partial charge in [0.2, 0.25) is 0 Å². The van der Waals surface area contributed by atoms with Crippen LogP contribution in [0.5, 0.6) is 0 Å². The van der Waals surface area contributed by atoms with Crippen LogP contribution in [-0.2, 0) is 0 Å². The maximum Gasteiger partial charge on any atom is 0.0917 e. The van der Waals surface area contributed by atoms with E-state index in [0.717, 1.165) is 6.54 Å². The third-order valence-electron chi connectivity index (χ3n) is 2.62. The molecule has 2 rings (SSSR count). The molecule has 0 saturated carbocycles. The molecule has 14 heavy (non-hydrogen) atoms. The first-order valence-electron chi connectivity index (χ1n) is 4.81. The van der Waals surface area contributed by atoms with Crippen LogP contribution in [-0.4, -0.2) is 57.2 Å². The molecule has 78 valence electrons. The van der Waals surface area contributed by atoms with Crippen LogP contribution in [0.1, 0.15) is 6.04 Å². The second-order valence-corrected chi connectivity index (χ2v) is 3.60. The third-order valence-corrected chi connectivity index (χ3v) is 2.62. The lowest BCUT2D eigenvalue weighted by atomic mass is 10.2. The molecule has 0 amide bonds. The average Bonchev–Trinajstić information content (AvgIpc) is 2.74. The number of aliphatic hydroxyl groups excluding tert-OH is 2. The molecule has 2 atom stereocenters. The molecule has 0 bridgehead atoms.